The zero-order valence-electron chi connectivity index (χ0n) is 10.3. The van der Waals surface area contributed by atoms with Crippen LogP contribution >= 0.6 is 0 Å². The maximum absolute atomic E-state index is 10.9. The summed E-state index contributed by atoms with van der Waals surface area (Å²) in [6.45, 7) is 3.96. The fourth-order valence-corrected chi connectivity index (χ4v) is 2.50. The Balaban J connectivity index is 2.26. The van der Waals surface area contributed by atoms with Gasteiger partial charge in [0.05, 0.1) is 0 Å². The molecule has 1 unspecified atom stereocenters. The van der Waals surface area contributed by atoms with Crippen LogP contribution in [0.15, 0.2) is 6.33 Å². The Morgan fingerprint density at radius 3 is 3.06 bits per heavy atom. The highest BCUT2D eigenvalue weighted by atomic mass is 16.6. The van der Waals surface area contributed by atoms with Crippen LogP contribution in [0, 0.1) is 16.0 Å². The highest BCUT2D eigenvalue weighted by Gasteiger charge is 2.28. The summed E-state index contributed by atoms with van der Waals surface area (Å²) in [5.41, 5.74) is 0. The van der Waals surface area contributed by atoms with Crippen LogP contribution in [0.3, 0.4) is 0 Å². The lowest BCUT2D eigenvalue weighted by Gasteiger charge is -2.32. The van der Waals surface area contributed by atoms with Crippen molar-refractivity contribution in [1.29, 1.82) is 0 Å². The summed E-state index contributed by atoms with van der Waals surface area (Å²) in [6, 6.07) is 0. The average molecular weight is 238 g/mol. The summed E-state index contributed by atoms with van der Waals surface area (Å²) in [5, 5.41) is 10.9. The van der Waals surface area contributed by atoms with Gasteiger partial charge in [0.15, 0.2) is 0 Å². The van der Waals surface area contributed by atoms with Gasteiger partial charge in [0.1, 0.15) is 0 Å². The molecule has 0 N–H and O–H groups in total. The molecule has 1 atom stereocenters. The molecule has 94 valence electrons. The van der Waals surface area contributed by atoms with Crippen LogP contribution in [0.4, 0.5) is 11.6 Å². The van der Waals surface area contributed by atoms with Crippen LogP contribution in [-0.4, -0.2) is 27.6 Å². The maximum Gasteiger partial charge on any atom is 0.406 e. The standard InChI is InChI=1S/C11H18N4O2/c1-3-9-5-4-6-14(7-9)11-10(15(16)17)12-8-13(11)2/h8-9H,3-7H2,1-2H3. The first-order valence-corrected chi connectivity index (χ1v) is 6.04. The molecule has 6 heteroatoms. The molecule has 0 radical (unpaired) electrons. The molecule has 0 amide bonds. The Kier molecular flexibility index (Phi) is 3.31. The molecule has 1 aromatic heterocycles. The summed E-state index contributed by atoms with van der Waals surface area (Å²) in [7, 11) is 1.81. The van der Waals surface area contributed by atoms with Crippen molar-refractivity contribution in [2.24, 2.45) is 13.0 Å². The molecule has 1 aliphatic rings. The van der Waals surface area contributed by atoms with Gasteiger partial charge in [-0.25, -0.2) is 0 Å². The molecule has 17 heavy (non-hydrogen) atoms. The van der Waals surface area contributed by atoms with Crippen molar-refractivity contribution in [2.45, 2.75) is 26.2 Å². The van der Waals surface area contributed by atoms with E-state index in [0.29, 0.717) is 11.7 Å². The molecule has 6 nitrogen and oxygen atoms in total. The second kappa shape index (κ2) is 4.73. The van der Waals surface area contributed by atoms with Gasteiger partial charge in [-0.3, -0.25) is 4.57 Å². The predicted molar refractivity (Wildman–Crippen MR) is 65.1 cm³/mol. The van der Waals surface area contributed by atoms with E-state index < -0.39 is 4.92 Å². The molecule has 2 heterocycles. The summed E-state index contributed by atoms with van der Waals surface area (Å²) < 4.78 is 1.75. The van der Waals surface area contributed by atoms with E-state index in [2.05, 4.69) is 16.8 Å². The second-order valence-electron chi connectivity index (χ2n) is 4.62. The van der Waals surface area contributed by atoms with Crippen LogP contribution < -0.4 is 4.90 Å². The third-order valence-corrected chi connectivity index (χ3v) is 3.46. The van der Waals surface area contributed by atoms with Crippen LogP contribution in [-0.2, 0) is 7.05 Å². The quantitative estimate of drug-likeness (QED) is 0.596. The van der Waals surface area contributed by atoms with Crippen molar-refractivity contribution >= 4 is 11.6 Å². The Morgan fingerprint density at radius 2 is 2.41 bits per heavy atom. The van der Waals surface area contributed by atoms with Crippen molar-refractivity contribution in [2.75, 3.05) is 18.0 Å². The number of anilines is 1. The average Bonchev–Trinajstić information content (AvgIpc) is 2.71. The molecular weight excluding hydrogens is 220 g/mol. The van der Waals surface area contributed by atoms with Gasteiger partial charge >= 0.3 is 5.82 Å². The molecule has 0 saturated carbocycles. The molecule has 1 aliphatic heterocycles. The van der Waals surface area contributed by atoms with Crippen LogP contribution in [0.5, 0.6) is 0 Å². The summed E-state index contributed by atoms with van der Waals surface area (Å²) in [5.74, 6) is 1.26. The Hall–Kier alpha value is -1.59. The van der Waals surface area contributed by atoms with E-state index in [-0.39, 0.29) is 5.82 Å². The molecule has 1 fully saturated rings. The maximum atomic E-state index is 10.9. The molecule has 0 spiro atoms. The first-order chi connectivity index (χ1) is 8.13. The number of rotatable bonds is 3. The Bertz CT molecular complexity index is 416. The molecule has 0 aliphatic carbocycles. The van der Waals surface area contributed by atoms with Crippen molar-refractivity contribution < 1.29 is 4.92 Å². The smallest absolute Gasteiger partial charge is 0.358 e. The lowest BCUT2D eigenvalue weighted by molar-refractivity contribution is -0.388. The number of nitro groups is 1. The van der Waals surface area contributed by atoms with Gasteiger partial charge < -0.3 is 15.0 Å². The third kappa shape index (κ3) is 2.25. The highest BCUT2D eigenvalue weighted by Crippen LogP contribution is 2.30. The molecule has 0 aromatic carbocycles. The monoisotopic (exact) mass is 238 g/mol. The lowest BCUT2D eigenvalue weighted by Crippen LogP contribution is -2.36. The van der Waals surface area contributed by atoms with E-state index in [1.54, 1.807) is 4.57 Å². The van der Waals surface area contributed by atoms with Crippen LogP contribution in [0.1, 0.15) is 26.2 Å². The van der Waals surface area contributed by atoms with Crippen molar-refractivity contribution in [3.63, 3.8) is 0 Å². The van der Waals surface area contributed by atoms with E-state index in [9.17, 15) is 10.1 Å². The minimum Gasteiger partial charge on any atom is -0.358 e. The van der Waals surface area contributed by atoms with Crippen molar-refractivity contribution in [3.8, 4) is 0 Å². The number of hydrogen-bond acceptors (Lipinski definition) is 4. The fourth-order valence-electron chi connectivity index (χ4n) is 2.50. The van der Waals surface area contributed by atoms with E-state index in [0.717, 1.165) is 25.9 Å². The van der Waals surface area contributed by atoms with E-state index in [4.69, 9.17) is 0 Å². The summed E-state index contributed by atoms with van der Waals surface area (Å²) >= 11 is 0. The Labute approximate surface area is 100 Å². The van der Waals surface area contributed by atoms with Gasteiger partial charge in [-0.2, -0.15) is 0 Å². The molecule has 1 aromatic rings. The SMILES string of the molecule is CCC1CCCN(c2c([N+](=O)[O-])ncn2C)C1. The molecule has 2 rings (SSSR count). The zero-order chi connectivity index (χ0) is 12.4. The van der Waals surface area contributed by atoms with Crippen molar-refractivity contribution in [3.05, 3.63) is 16.4 Å². The summed E-state index contributed by atoms with van der Waals surface area (Å²) in [6.07, 6.45) is 4.96. The van der Waals surface area contributed by atoms with Gasteiger partial charge in [0.2, 0.25) is 12.1 Å². The van der Waals surface area contributed by atoms with Gasteiger partial charge in [0.25, 0.3) is 0 Å². The largest absolute Gasteiger partial charge is 0.406 e. The number of aromatic nitrogens is 2. The van der Waals surface area contributed by atoms with Gasteiger partial charge in [-0.15, -0.1) is 0 Å². The number of hydrogen-bond donors (Lipinski definition) is 0. The Morgan fingerprint density at radius 1 is 1.65 bits per heavy atom. The number of nitrogens with zero attached hydrogens (tertiary/aromatic N) is 4. The predicted octanol–water partition coefficient (Wildman–Crippen LogP) is 1.95. The summed E-state index contributed by atoms with van der Waals surface area (Å²) in [4.78, 5) is 16.5. The normalized spacial score (nSPS) is 20.6. The number of imidazole rings is 1. The zero-order valence-corrected chi connectivity index (χ0v) is 10.3. The van der Waals surface area contributed by atoms with Crippen LogP contribution in [0.25, 0.3) is 0 Å². The minimum absolute atomic E-state index is 0.0238. The number of piperidine rings is 1. The first-order valence-electron chi connectivity index (χ1n) is 6.04. The molecule has 0 bridgehead atoms. The van der Waals surface area contributed by atoms with Crippen LogP contribution in [0.2, 0.25) is 0 Å². The molecule has 1 saturated heterocycles. The highest BCUT2D eigenvalue weighted by molar-refractivity contribution is 5.54. The second-order valence-corrected chi connectivity index (χ2v) is 4.62. The van der Waals surface area contributed by atoms with E-state index in [1.807, 2.05) is 7.05 Å². The van der Waals surface area contributed by atoms with Gasteiger partial charge in [-0.1, -0.05) is 13.3 Å². The topological polar surface area (TPSA) is 64.2 Å². The third-order valence-electron chi connectivity index (χ3n) is 3.46. The van der Waals surface area contributed by atoms with Gasteiger partial charge in [0, 0.05) is 20.1 Å². The van der Waals surface area contributed by atoms with E-state index in [1.165, 1.54) is 12.7 Å². The lowest BCUT2D eigenvalue weighted by atomic mass is 9.96. The molecular formula is C11H18N4O2. The number of aryl methyl sites for hydroxylation is 1. The minimum atomic E-state index is -0.398. The van der Waals surface area contributed by atoms with Gasteiger partial charge in [-0.05, 0) is 28.7 Å². The van der Waals surface area contributed by atoms with E-state index >= 15 is 0 Å². The first kappa shape index (κ1) is 11.9. The fraction of sp³-hybridized carbons (Fsp3) is 0.727. The van der Waals surface area contributed by atoms with Crippen molar-refractivity contribution in [1.82, 2.24) is 9.55 Å².